The van der Waals surface area contributed by atoms with Crippen LogP contribution in [0.4, 0.5) is 8.78 Å². The second-order valence-electron chi connectivity index (χ2n) is 6.55. The van der Waals surface area contributed by atoms with E-state index in [4.69, 9.17) is 5.73 Å². The lowest BCUT2D eigenvalue weighted by Crippen LogP contribution is -2.41. The first-order chi connectivity index (χ1) is 13.4. The van der Waals surface area contributed by atoms with E-state index < -0.39 is 11.6 Å². The van der Waals surface area contributed by atoms with E-state index in [1.807, 2.05) is 19.9 Å². The van der Waals surface area contributed by atoms with E-state index in [9.17, 15) is 13.6 Å². The van der Waals surface area contributed by atoms with Gasteiger partial charge in [0.15, 0.2) is 11.6 Å². The first-order valence-corrected chi connectivity index (χ1v) is 9.82. The van der Waals surface area contributed by atoms with Crippen molar-refractivity contribution in [2.24, 2.45) is 5.73 Å². The van der Waals surface area contributed by atoms with Crippen molar-refractivity contribution in [2.45, 2.75) is 32.7 Å². The zero-order valence-corrected chi connectivity index (χ0v) is 16.5. The molecule has 0 aliphatic carbocycles. The van der Waals surface area contributed by atoms with Crippen molar-refractivity contribution in [3.05, 3.63) is 63.1 Å². The summed E-state index contributed by atoms with van der Waals surface area (Å²) in [4.78, 5) is 14.3. The van der Waals surface area contributed by atoms with E-state index >= 15 is 0 Å². The summed E-state index contributed by atoms with van der Waals surface area (Å²) in [5.41, 5.74) is 9.34. The number of thiophene rings is 1. The zero-order valence-electron chi connectivity index (χ0n) is 15.7. The summed E-state index contributed by atoms with van der Waals surface area (Å²) >= 11 is 1.40. The molecule has 0 saturated carbocycles. The van der Waals surface area contributed by atoms with Crippen molar-refractivity contribution >= 4 is 17.2 Å². The van der Waals surface area contributed by atoms with E-state index in [1.165, 1.54) is 17.4 Å². The van der Waals surface area contributed by atoms with Crippen molar-refractivity contribution < 1.29 is 13.6 Å². The minimum atomic E-state index is -0.912. The third kappa shape index (κ3) is 4.28. The fourth-order valence-corrected chi connectivity index (χ4v) is 4.01. The average molecular weight is 404 g/mol. The summed E-state index contributed by atoms with van der Waals surface area (Å²) in [5.74, 6) is -2.05. The first kappa shape index (κ1) is 20.2. The number of aromatic amines is 1. The van der Waals surface area contributed by atoms with Crippen LogP contribution in [0.15, 0.2) is 30.5 Å². The number of aromatic nitrogens is 2. The molecular weight excluding hydrogens is 382 g/mol. The van der Waals surface area contributed by atoms with E-state index in [0.29, 0.717) is 16.9 Å². The van der Waals surface area contributed by atoms with Gasteiger partial charge in [-0.3, -0.25) is 9.89 Å². The van der Waals surface area contributed by atoms with Crippen LogP contribution in [-0.2, 0) is 12.8 Å². The van der Waals surface area contributed by atoms with Gasteiger partial charge in [0, 0.05) is 28.7 Å². The number of hydrogen-bond acceptors (Lipinski definition) is 4. The minimum absolute atomic E-state index is 0.184. The molecule has 0 fully saturated rings. The largest absolute Gasteiger partial charge is 0.347 e. The number of H-pyrrole nitrogens is 1. The van der Waals surface area contributed by atoms with Crippen LogP contribution >= 0.6 is 11.3 Å². The van der Waals surface area contributed by atoms with Gasteiger partial charge in [-0.05, 0) is 49.1 Å². The molecule has 4 N–H and O–H groups in total. The monoisotopic (exact) mass is 404 g/mol. The van der Waals surface area contributed by atoms with Crippen molar-refractivity contribution in [2.75, 3.05) is 6.54 Å². The second-order valence-corrected chi connectivity index (χ2v) is 7.81. The summed E-state index contributed by atoms with van der Waals surface area (Å²) < 4.78 is 26.5. The van der Waals surface area contributed by atoms with Gasteiger partial charge in [-0.2, -0.15) is 5.10 Å². The third-order valence-electron chi connectivity index (χ3n) is 4.59. The second kappa shape index (κ2) is 8.62. The summed E-state index contributed by atoms with van der Waals surface area (Å²) in [6, 6.07) is 5.16. The fraction of sp³-hybridized carbons (Fsp3) is 0.300. The maximum absolute atomic E-state index is 13.4. The minimum Gasteiger partial charge on any atom is -0.347 e. The predicted molar refractivity (Wildman–Crippen MR) is 106 cm³/mol. The Morgan fingerprint density at radius 2 is 2.07 bits per heavy atom. The van der Waals surface area contributed by atoms with Gasteiger partial charge in [-0.15, -0.1) is 11.3 Å². The Morgan fingerprint density at radius 3 is 2.75 bits per heavy atom. The van der Waals surface area contributed by atoms with Gasteiger partial charge in [0.2, 0.25) is 0 Å². The number of aryl methyl sites for hydroxylation is 2. The molecule has 2 aromatic heterocycles. The highest BCUT2D eigenvalue weighted by Gasteiger charge is 2.19. The number of nitrogens with two attached hydrogens (primary N) is 1. The van der Waals surface area contributed by atoms with Gasteiger partial charge in [0.25, 0.3) is 5.91 Å². The molecule has 2 heterocycles. The molecule has 5 nitrogen and oxygen atoms in total. The molecule has 1 amide bonds. The molecule has 0 unspecified atom stereocenters. The number of rotatable bonds is 7. The van der Waals surface area contributed by atoms with E-state index in [0.717, 1.165) is 40.3 Å². The maximum Gasteiger partial charge on any atom is 0.261 e. The van der Waals surface area contributed by atoms with Crippen LogP contribution in [0.1, 0.15) is 32.7 Å². The summed E-state index contributed by atoms with van der Waals surface area (Å²) in [5, 5.41) is 9.96. The number of carbonyl (C=O) groups excluding carboxylic acids is 1. The van der Waals surface area contributed by atoms with Gasteiger partial charge < -0.3 is 11.1 Å². The highest BCUT2D eigenvalue weighted by molar-refractivity contribution is 7.14. The van der Waals surface area contributed by atoms with Crippen molar-refractivity contribution in [1.29, 1.82) is 0 Å². The number of nitrogens with one attached hydrogen (secondary N) is 2. The summed E-state index contributed by atoms with van der Waals surface area (Å²) in [6.07, 6.45) is 2.90. The Kier molecular flexibility index (Phi) is 6.21. The SMILES string of the molecule is CCc1[nH]ncc1-c1cc(C(=O)N[C@H](CN)Cc2ccc(F)c(F)c2)sc1C. The Labute approximate surface area is 166 Å². The molecule has 0 radical (unpaired) electrons. The number of halogens is 2. The van der Waals surface area contributed by atoms with E-state index in [1.54, 1.807) is 6.20 Å². The molecule has 0 saturated heterocycles. The van der Waals surface area contributed by atoms with Crippen LogP contribution < -0.4 is 11.1 Å². The molecule has 0 aliphatic rings. The summed E-state index contributed by atoms with van der Waals surface area (Å²) in [6.45, 7) is 4.19. The standard InChI is InChI=1S/C20H22F2N4OS/c1-3-18-15(10-24-26-18)14-8-19(28-11(14)2)20(27)25-13(9-23)6-12-4-5-16(21)17(22)7-12/h4-5,7-8,10,13H,3,6,9,23H2,1-2H3,(H,24,26)(H,25,27)/t13-/m0/s1. The molecule has 3 aromatic rings. The highest BCUT2D eigenvalue weighted by Crippen LogP contribution is 2.32. The Bertz CT molecular complexity index is 982. The molecule has 0 aliphatic heterocycles. The lowest BCUT2D eigenvalue weighted by molar-refractivity contribution is 0.0942. The molecule has 1 aromatic carbocycles. The Hall–Kier alpha value is -2.58. The van der Waals surface area contributed by atoms with Crippen LogP contribution in [-0.4, -0.2) is 28.7 Å². The lowest BCUT2D eigenvalue weighted by atomic mass is 10.0. The van der Waals surface area contributed by atoms with Gasteiger partial charge in [-0.25, -0.2) is 8.78 Å². The highest BCUT2D eigenvalue weighted by atomic mass is 32.1. The number of benzene rings is 1. The van der Waals surface area contributed by atoms with Crippen molar-refractivity contribution in [3.8, 4) is 11.1 Å². The van der Waals surface area contributed by atoms with Crippen LogP contribution in [0.25, 0.3) is 11.1 Å². The molecular formula is C20H22F2N4OS. The van der Waals surface area contributed by atoms with Gasteiger partial charge >= 0.3 is 0 Å². The van der Waals surface area contributed by atoms with Crippen LogP contribution in [0.5, 0.6) is 0 Å². The van der Waals surface area contributed by atoms with Crippen molar-refractivity contribution in [3.63, 3.8) is 0 Å². The number of carbonyl (C=O) groups is 1. The van der Waals surface area contributed by atoms with Gasteiger partial charge in [0.1, 0.15) is 0 Å². The third-order valence-corrected chi connectivity index (χ3v) is 5.64. The smallest absolute Gasteiger partial charge is 0.261 e. The molecule has 148 valence electrons. The van der Waals surface area contributed by atoms with Crippen molar-refractivity contribution in [1.82, 2.24) is 15.5 Å². The fourth-order valence-electron chi connectivity index (χ4n) is 3.08. The van der Waals surface area contributed by atoms with Crippen LogP contribution in [0.3, 0.4) is 0 Å². The van der Waals surface area contributed by atoms with E-state index in [2.05, 4.69) is 15.5 Å². The van der Waals surface area contributed by atoms with E-state index in [-0.39, 0.29) is 18.5 Å². The van der Waals surface area contributed by atoms with Crippen LogP contribution in [0, 0.1) is 18.6 Å². The lowest BCUT2D eigenvalue weighted by Gasteiger charge is -2.16. The topological polar surface area (TPSA) is 83.8 Å². The van der Waals surface area contributed by atoms with Gasteiger partial charge in [0.05, 0.1) is 11.1 Å². The Balaban J connectivity index is 1.74. The molecule has 0 bridgehead atoms. The normalized spacial score (nSPS) is 12.2. The summed E-state index contributed by atoms with van der Waals surface area (Å²) in [7, 11) is 0. The maximum atomic E-state index is 13.4. The molecule has 3 rings (SSSR count). The molecule has 28 heavy (non-hydrogen) atoms. The first-order valence-electron chi connectivity index (χ1n) is 9.00. The van der Waals surface area contributed by atoms with Crippen LogP contribution in [0.2, 0.25) is 0 Å². The zero-order chi connectivity index (χ0) is 20.3. The predicted octanol–water partition coefficient (Wildman–Crippen LogP) is 3.59. The number of hydrogen-bond donors (Lipinski definition) is 3. The number of nitrogens with zero attached hydrogens (tertiary/aromatic N) is 1. The number of amides is 1. The Morgan fingerprint density at radius 1 is 1.29 bits per heavy atom. The quantitative estimate of drug-likeness (QED) is 0.563. The molecule has 0 spiro atoms. The average Bonchev–Trinajstić information content (AvgIpc) is 3.29. The molecule has 8 heteroatoms. The molecule has 1 atom stereocenters. The van der Waals surface area contributed by atoms with Gasteiger partial charge in [-0.1, -0.05) is 13.0 Å².